The van der Waals surface area contributed by atoms with Crippen LogP contribution in [0.25, 0.3) is 6.08 Å². The summed E-state index contributed by atoms with van der Waals surface area (Å²) in [5, 5.41) is 0.892. The van der Waals surface area contributed by atoms with Crippen molar-refractivity contribution in [3.05, 3.63) is 41.1 Å². The van der Waals surface area contributed by atoms with Gasteiger partial charge in [-0.3, -0.25) is 9.69 Å². The molecule has 0 aliphatic carbocycles. The van der Waals surface area contributed by atoms with E-state index in [4.69, 9.17) is 33.3 Å². The van der Waals surface area contributed by atoms with Gasteiger partial charge >= 0.3 is 0 Å². The molecule has 5 nitrogen and oxygen atoms in total. The van der Waals surface area contributed by atoms with E-state index >= 15 is 0 Å². The maximum absolute atomic E-state index is 12.5. The van der Waals surface area contributed by atoms with Gasteiger partial charge in [0.25, 0.3) is 5.91 Å². The zero-order valence-electron chi connectivity index (χ0n) is 14.5. The van der Waals surface area contributed by atoms with Crippen molar-refractivity contribution in [3.8, 4) is 11.5 Å². The van der Waals surface area contributed by atoms with Gasteiger partial charge in [-0.15, -0.1) is 0 Å². The Morgan fingerprint density at radius 2 is 2.04 bits per heavy atom. The highest BCUT2D eigenvalue weighted by molar-refractivity contribution is 7.80. The molecule has 1 aromatic rings. The van der Waals surface area contributed by atoms with Crippen LogP contribution in [0.5, 0.6) is 11.5 Å². The lowest BCUT2D eigenvalue weighted by Gasteiger charge is -2.14. The van der Waals surface area contributed by atoms with Crippen LogP contribution in [0.3, 0.4) is 0 Å². The highest BCUT2D eigenvalue weighted by atomic mass is 35.5. The van der Waals surface area contributed by atoms with Crippen molar-refractivity contribution in [3.63, 3.8) is 0 Å². The van der Waals surface area contributed by atoms with Gasteiger partial charge in [0.15, 0.2) is 16.6 Å². The van der Waals surface area contributed by atoms with Crippen molar-refractivity contribution >= 4 is 40.9 Å². The molecule has 1 aliphatic rings. The van der Waals surface area contributed by atoms with Gasteiger partial charge in [0.1, 0.15) is 12.3 Å². The van der Waals surface area contributed by atoms with E-state index in [1.165, 1.54) is 0 Å². The van der Waals surface area contributed by atoms with Crippen molar-refractivity contribution in [2.45, 2.75) is 13.8 Å². The van der Waals surface area contributed by atoms with Crippen molar-refractivity contribution < 1.29 is 14.3 Å². The first-order valence-corrected chi connectivity index (χ1v) is 8.74. The highest BCUT2D eigenvalue weighted by Gasteiger charge is 2.34. The third-order valence-corrected chi connectivity index (χ3v) is 4.42. The number of nitrogens with zero attached hydrogens (tertiary/aromatic N) is 2. The van der Waals surface area contributed by atoms with E-state index in [1.807, 2.05) is 13.8 Å². The Morgan fingerprint density at radius 1 is 1.32 bits per heavy atom. The number of amides is 1. The molecule has 0 spiro atoms. The van der Waals surface area contributed by atoms with E-state index in [9.17, 15) is 4.79 Å². The number of hydrogen-bond acceptors (Lipinski definition) is 4. The molecular weight excluding hydrogens is 360 g/mol. The highest BCUT2D eigenvalue weighted by Crippen LogP contribution is 2.37. The fraction of sp³-hybridized carbons (Fsp3) is 0.333. The van der Waals surface area contributed by atoms with Crippen LogP contribution < -0.4 is 9.47 Å². The second-order valence-electron chi connectivity index (χ2n) is 5.28. The molecule has 1 fully saturated rings. The quantitative estimate of drug-likeness (QED) is 0.409. The fourth-order valence-corrected chi connectivity index (χ4v) is 3.05. The molecule has 1 saturated heterocycles. The number of thiocarbonyl (C=S) groups is 1. The minimum Gasteiger partial charge on any atom is -0.490 e. The number of ether oxygens (including phenoxy) is 2. The lowest BCUT2D eigenvalue weighted by Crippen LogP contribution is -2.30. The van der Waals surface area contributed by atoms with Gasteiger partial charge in [-0.2, -0.15) is 0 Å². The third-order valence-electron chi connectivity index (χ3n) is 3.64. The standard InChI is InChI=1S/C18H21ClN2O3S/c1-5-8-24-16-13(19)9-12(11-15(16)23-7-3)10-14-17(22)21(6-2)18(25)20(14)4/h5,9-11H,1,6-8H2,2-4H3/b14-10-. The van der Waals surface area contributed by atoms with Gasteiger partial charge in [0.2, 0.25) is 0 Å². The summed E-state index contributed by atoms with van der Waals surface area (Å²) in [7, 11) is 1.77. The van der Waals surface area contributed by atoms with E-state index < -0.39 is 0 Å². The minimum absolute atomic E-state index is 0.129. The number of rotatable bonds is 7. The zero-order valence-corrected chi connectivity index (χ0v) is 16.1. The average molecular weight is 381 g/mol. The summed E-state index contributed by atoms with van der Waals surface area (Å²) in [6.45, 7) is 8.70. The second-order valence-corrected chi connectivity index (χ2v) is 6.06. The first-order valence-electron chi connectivity index (χ1n) is 7.95. The van der Waals surface area contributed by atoms with Gasteiger partial charge < -0.3 is 14.4 Å². The largest absolute Gasteiger partial charge is 0.490 e. The van der Waals surface area contributed by atoms with Gasteiger partial charge in [0.05, 0.1) is 11.6 Å². The second kappa shape index (κ2) is 8.36. The van der Waals surface area contributed by atoms with Crippen LogP contribution in [0.1, 0.15) is 19.4 Å². The SMILES string of the molecule is C=CCOc1c(Cl)cc(/C=C2/C(=O)N(CC)C(=S)N2C)cc1OCC. The molecule has 1 aliphatic heterocycles. The number of likely N-dealkylation sites (N-methyl/N-ethyl adjacent to an activating group) is 2. The smallest absolute Gasteiger partial charge is 0.276 e. The van der Waals surface area contributed by atoms with Crippen LogP contribution in [0.15, 0.2) is 30.5 Å². The lowest BCUT2D eigenvalue weighted by molar-refractivity contribution is -0.122. The molecule has 1 amide bonds. The molecule has 7 heteroatoms. The summed E-state index contributed by atoms with van der Waals surface area (Å²) in [6.07, 6.45) is 3.38. The number of halogens is 1. The van der Waals surface area contributed by atoms with Crippen LogP contribution in [0.4, 0.5) is 0 Å². The van der Waals surface area contributed by atoms with Crippen LogP contribution in [0.2, 0.25) is 5.02 Å². The van der Waals surface area contributed by atoms with Crippen molar-refractivity contribution in [2.75, 3.05) is 26.8 Å². The van der Waals surface area contributed by atoms with Gasteiger partial charge in [-0.25, -0.2) is 0 Å². The topological polar surface area (TPSA) is 42.0 Å². The predicted molar refractivity (Wildman–Crippen MR) is 104 cm³/mol. The summed E-state index contributed by atoms with van der Waals surface area (Å²) >= 11 is 11.7. The Balaban J connectivity index is 2.44. The summed E-state index contributed by atoms with van der Waals surface area (Å²) in [5.74, 6) is 0.852. The molecule has 2 rings (SSSR count). The van der Waals surface area contributed by atoms with E-state index in [2.05, 4.69) is 6.58 Å². The Bertz CT molecular complexity index is 733. The molecule has 0 saturated carbocycles. The third kappa shape index (κ3) is 3.96. The maximum atomic E-state index is 12.5. The summed E-state index contributed by atoms with van der Waals surface area (Å²) in [4.78, 5) is 15.7. The van der Waals surface area contributed by atoms with E-state index in [0.29, 0.717) is 47.1 Å². The molecule has 134 valence electrons. The van der Waals surface area contributed by atoms with Crippen molar-refractivity contribution in [1.29, 1.82) is 0 Å². The molecule has 0 aromatic heterocycles. The number of carbonyl (C=O) groups excluding carboxylic acids is 1. The Labute approximate surface area is 158 Å². The molecule has 0 bridgehead atoms. The summed E-state index contributed by atoms with van der Waals surface area (Å²) in [5.41, 5.74) is 1.22. The van der Waals surface area contributed by atoms with Gasteiger partial charge in [0, 0.05) is 13.6 Å². The van der Waals surface area contributed by atoms with E-state index in [1.54, 1.807) is 41.1 Å². The molecule has 25 heavy (non-hydrogen) atoms. The van der Waals surface area contributed by atoms with Crippen LogP contribution in [0, 0.1) is 0 Å². The maximum Gasteiger partial charge on any atom is 0.276 e. The molecule has 0 unspecified atom stereocenters. The first kappa shape index (κ1) is 19.3. The molecule has 0 N–H and O–H groups in total. The predicted octanol–water partition coefficient (Wildman–Crippen LogP) is 3.72. The molecule has 1 heterocycles. The normalized spacial score (nSPS) is 15.9. The van der Waals surface area contributed by atoms with Gasteiger partial charge in [-0.1, -0.05) is 24.3 Å². The minimum atomic E-state index is -0.129. The molecule has 0 radical (unpaired) electrons. The Kier molecular flexibility index (Phi) is 6.45. The molecular formula is C18H21ClN2O3S. The monoisotopic (exact) mass is 380 g/mol. The average Bonchev–Trinajstić information content (AvgIpc) is 2.78. The first-order chi connectivity index (χ1) is 11.9. The van der Waals surface area contributed by atoms with E-state index in [-0.39, 0.29) is 5.91 Å². The number of hydrogen-bond donors (Lipinski definition) is 0. The van der Waals surface area contributed by atoms with Crippen molar-refractivity contribution in [1.82, 2.24) is 9.80 Å². The molecule has 1 aromatic carbocycles. The summed E-state index contributed by atoms with van der Waals surface area (Å²) in [6, 6.07) is 3.52. The number of carbonyl (C=O) groups is 1. The van der Waals surface area contributed by atoms with Crippen LogP contribution >= 0.6 is 23.8 Å². The van der Waals surface area contributed by atoms with Crippen LogP contribution in [-0.4, -0.2) is 47.6 Å². The Morgan fingerprint density at radius 3 is 2.60 bits per heavy atom. The van der Waals surface area contributed by atoms with Gasteiger partial charge in [-0.05, 0) is 49.8 Å². The zero-order chi connectivity index (χ0) is 18.6. The number of benzene rings is 1. The lowest BCUT2D eigenvalue weighted by atomic mass is 10.1. The fourth-order valence-electron chi connectivity index (χ4n) is 2.46. The summed E-state index contributed by atoms with van der Waals surface area (Å²) < 4.78 is 11.2. The van der Waals surface area contributed by atoms with Crippen LogP contribution in [-0.2, 0) is 4.79 Å². The Hall–Kier alpha value is -2.05. The van der Waals surface area contributed by atoms with E-state index in [0.717, 1.165) is 5.56 Å². The molecule has 0 atom stereocenters. The van der Waals surface area contributed by atoms with Crippen molar-refractivity contribution in [2.24, 2.45) is 0 Å².